The first-order chi connectivity index (χ1) is 12.8. The van der Waals surface area contributed by atoms with Crippen LogP contribution in [0.2, 0.25) is 8.67 Å². The van der Waals surface area contributed by atoms with Gasteiger partial charge in [-0.2, -0.15) is 0 Å². The molecule has 1 amide bonds. The molecule has 2 heterocycles. The first-order valence-corrected chi connectivity index (χ1v) is 11.6. The molecule has 0 aliphatic rings. The van der Waals surface area contributed by atoms with Crippen LogP contribution in [0.25, 0.3) is 0 Å². The van der Waals surface area contributed by atoms with Crippen LogP contribution >= 0.6 is 45.9 Å². The van der Waals surface area contributed by atoms with Gasteiger partial charge in [0.2, 0.25) is 0 Å². The predicted octanol–water partition coefficient (Wildman–Crippen LogP) is 5.19. The summed E-state index contributed by atoms with van der Waals surface area (Å²) in [5.74, 6) is -0.148. The normalized spacial score (nSPS) is 11.4. The molecule has 3 aromatic rings. The Morgan fingerprint density at radius 1 is 1.19 bits per heavy atom. The molecule has 27 heavy (non-hydrogen) atoms. The molecule has 0 bridgehead atoms. The van der Waals surface area contributed by atoms with Gasteiger partial charge in [0.05, 0.1) is 10.9 Å². The van der Waals surface area contributed by atoms with Crippen molar-refractivity contribution in [3.8, 4) is 0 Å². The highest BCUT2D eigenvalue weighted by Crippen LogP contribution is 2.35. The van der Waals surface area contributed by atoms with E-state index in [1.165, 1.54) is 18.2 Å². The van der Waals surface area contributed by atoms with E-state index in [9.17, 15) is 13.2 Å². The first-order valence-electron chi connectivity index (χ1n) is 7.62. The number of nitrogens with zero attached hydrogens (tertiary/aromatic N) is 1. The third-order valence-electron chi connectivity index (χ3n) is 3.62. The summed E-state index contributed by atoms with van der Waals surface area (Å²) < 4.78 is 27.7. The van der Waals surface area contributed by atoms with Gasteiger partial charge in [-0.3, -0.25) is 9.52 Å². The van der Waals surface area contributed by atoms with E-state index in [2.05, 4.69) is 4.72 Å². The number of rotatable bonds is 6. The van der Waals surface area contributed by atoms with Gasteiger partial charge in [-0.25, -0.2) is 8.42 Å². The van der Waals surface area contributed by atoms with Gasteiger partial charge in [-0.05, 0) is 41.8 Å². The van der Waals surface area contributed by atoms with Crippen molar-refractivity contribution in [1.29, 1.82) is 0 Å². The zero-order chi connectivity index (χ0) is 19.6. The average Bonchev–Trinajstić information content (AvgIpc) is 3.24. The highest BCUT2D eigenvalue weighted by Gasteiger charge is 2.21. The fourth-order valence-electron chi connectivity index (χ4n) is 2.33. The second-order valence-corrected chi connectivity index (χ2v) is 10.6. The molecule has 0 radical (unpaired) electrons. The summed E-state index contributed by atoms with van der Waals surface area (Å²) in [4.78, 5) is 15.1. The lowest BCUT2D eigenvalue weighted by atomic mass is 10.2. The van der Waals surface area contributed by atoms with Gasteiger partial charge >= 0.3 is 0 Å². The first kappa shape index (κ1) is 20.2. The van der Waals surface area contributed by atoms with Crippen molar-refractivity contribution in [3.63, 3.8) is 0 Å². The number of nitrogens with one attached hydrogen (secondary N) is 1. The summed E-state index contributed by atoms with van der Waals surface area (Å²) in [5, 5.41) is 1.96. The van der Waals surface area contributed by atoms with Crippen LogP contribution in [0.15, 0.2) is 52.7 Å². The minimum atomic E-state index is -3.86. The van der Waals surface area contributed by atoms with Crippen molar-refractivity contribution < 1.29 is 13.2 Å². The Labute approximate surface area is 175 Å². The van der Waals surface area contributed by atoms with Crippen LogP contribution in [0, 0.1) is 0 Å². The smallest absolute Gasteiger partial charge is 0.264 e. The number of benzene rings is 1. The van der Waals surface area contributed by atoms with Crippen molar-refractivity contribution in [2.75, 3.05) is 11.8 Å². The zero-order valence-electron chi connectivity index (χ0n) is 14.0. The number of hydrogen-bond donors (Lipinski definition) is 1. The Hall–Kier alpha value is -1.58. The Balaban J connectivity index is 1.71. The maximum absolute atomic E-state index is 12.5. The summed E-state index contributed by atoms with van der Waals surface area (Å²) in [5.41, 5.74) is 0.791. The number of amides is 1. The number of hydrogen-bond acceptors (Lipinski definition) is 5. The predicted molar refractivity (Wildman–Crippen MR) is 112 cm³/mol. The molecule has 2 aromatic heterocycles. The van der Waals surface area contributed by atoms with E-state index >= 15 is 0 Å². The van der Waals surface area contributed by atoms with Gasteiger partial charge in [0.15, 0.2) is 0 Å². The quantitative estimate of drug-likeness (QED) is 0.550. The monoisotopic (exact) mass is 460 g/mol. The Bertz CT molecular complexity index is 1050. The maximum atomic E-state index is 12.5. The van der Waals surface area contributed by atoms with Crippen LogP contribution in [-0.2, 0) is 16.6 Å². The van der Waals surface area contributed by atoms with Gasteiger partial charge in [0.25, 0.3) is 15.9 Å². The zero-order valence-corrected chi connectivity index (χ0v) is 17.9. The Morgan fingerprint density at radius 3 is 2.44 bits per heavy atom. The summed E-state index contributed by atoms with van der Waals surface area (Å²) in [6.07, 6.45) is 0. The molecule has 0 saturated carbocycles. The lowest BCUT2D eigenvalue weighted by molar-refractivity contribution is 0.0786. The Kier molecular flexibility index (Phi) is 6.12. The van der Waals surface area contributed by atoms with Crippen molar-refractivity contribution in [2.24, 2.45) is 0 Å². The molecule has 0 unspecified atom stereocenters. The molecule has 0 saturated heterocycles. The molecule has 10 heteroatoms. The van der Waals surface area contributed by atoms with Gasteiger partial charge in [0, 0.05) is 23.2 Å². The number of carbonyl (C=O) groups excluding carboxylic acids is 1. The molecule has 0 spiro atoms. The largest absolute Gasteiger partial charge is 0.337 e. The highest BCUT2D eigenvalue weighted by atomic mass is 35.5. The van der Waals surface area contributed by atoms with E-state index in [1.807, 2.05) is 17.5 Å². The van der Waals surface area contributed by atoms with Crippen LogP contribution in [0.3, 0.4) is 0 Å². The summed E-state index contributed by atoms with van der Waals surface area (Å²) >= 11 is 14.3. The molecule has 0 atom stereocenters. The van der Waals surface area contributed by atoms with E-state index in [4.69, 9.17) is 23.2 Å². The van der Waals surface area contributed by atoms with Crippen molar-refractivity contribution >= 4 is 67.5 Å². The number of sulfonamides is 1. The van der Waals surface area contributed by atoms with Crippen molar-refractivity contribution in [2.45, 2.75) is 11.4 Å². The summed E-state index contributed by atoms with van der Waals surface area (Å²) in [6, 6.07) is 11.4. The molecule has 0 aliphatic carbocycles. The molecule has 1 N–H and O–H groups in total. The van der Waals surface area contributed by atoms with E-state index in [1.54, 1.807) is 35.4 Å². The molecule has 3 rings (SSSR count). The van der Waals surface area contributed by atoms with Crippen LogP contribution in [0.5, 0.6) is 0 Å². The second kappa shape index (κ2) is 8.20. The second-order valence-electron chi connectivity index (χ2n) is 5.61. The fourth-order valence-corrected chi connectivity index (χ4v) is 6.29. The molecular formula is C17H14Cl2N2O3S3. The van der Waals surface area contributed by atoms with Gasteiger partial charge < -0.3 is 4.90 Å². The van der Waals surface area contributed by atoms with Gasteiger partial charge in [-0.15, -0.1) is 22.7 Å². The molecule has 5 nitrogen and oxygen atoms in total. The van der Waals surface area contributed by atoms with Crippen LogP contribution in [-0.4, -0.2) is 26.3 Å². The van der Waals surface area contributed by atoms with Gasteiger partial charge in [-0.1, -0.05) is 29.3 Å². The van der Waals surface area contributed by atoms with Crippen LogP contribution in [0.1, 0.15) is 15.2 Å². The van der Waals surface area contributed by atoms with E-state index in [0.29, 0.717) is 17.8 Å². The number of thiophene rings is 2. The summed E-state index contributed by atoms with van der Waals surface area (Å²) in [7, 11) is -2.13. The van der Waals surface area contributed by atoms with Gasteiger partial charge in [0.1, 0.15) is 9.23 Å². The fraction of sp³-hybridized carbons (Fsp3) is 0.118. The number of anilines is 1. The Morgan fingerprint density at radius 2 is 1.89 bits per heavy atom. The third kappa shape index (κ3) is 4.83. The minimum absolute atomic E-state index is 0.0741. The lowest BCUT2D eigenvalue weighted by Crippen LogP contribution is -2.25. The van der Waals surface area contributed by atoms with E-state index in [0.717, 1.165) is 16.2 Å². The minimum Gasteiger partial charge on any atom is -0.337 e. The third-order valence-corrected chi connectivity index (χ3v) is 7.61. The molecule has 142 valence electrons. The van der Waals surface area contributed by atoms with Crippen LogP contribution in [0.4, 0.5) is 5.69 Å². The van der Waals surface area contributed by atoms with Crippen LogP contribution < -0.4 is 4.72 Å². The summed E-state index contributed by atoms with van der Waals surface area (Å²) in [6.45, 7) is 0.516. The van der Waals surface area contributed by atoms with Crippen molar-refractivity contribution in [1.82, 2.24) is 4.90 Å². The van der Waals surface area contributed by atoms with E-state index < -0.39 is 10.0 Å². The molecule has 0 aliphatic heterocycles. The van der Waals surface area contributed by atoms with Crippen molar-refractivity contribution in [3.05, 3.63) is 67.0 Å². The molecular weight excluding hydrogens is 447 g/mol. The standard InChI is InChI=1S/C17H14Cl2N2O3S3/c1-21(10-13-3-2-8-25-13)17(22)11-4-6-12(7-5-11)20-27(23,24)14-9-15(18)26-16(14)19/h2-9,20H,10H2,1H3. The average molecular weight is 461 g/mol. The topological polar surface area (TPSA) is 66.5 Å². The highest BCUT2D eigenvalue weighted by molar-refractivity contribution is 7.93. The maximum Gasteiger partial charge on any atom is 0.264 e. The molecule has 1 aromatic carbocycles. The molecule has 0 fully saturated rings. The number of carbonyl (C=O) groups is 1. The number of halogens is 2. The lowest BCUT2D eigenvalue weighted by Gasteiger charge is -2.16. The SMILES string of the molecule is CN(Cc1cccs1)C(=O)c1ccc(NS(=O)(=O)c2cc(Cl)sc2Cl)cc1. The van der Waals surface area contributed by atoms with E-state index in [-0.39, 0.29) is 19.5 Å².